The number of carbonyl (C=O) groups excluding carboxylic acids is 1. The molecule has 0 spiro atoms. The predicted octanol–water partition coefficient (Wildman–Crippen LogP) is 5.05. The molecule has 9 heteroatoms. The van der Waals surface area contributed by atoms with Crippen molar-refractivity contribution in [2.24, 2.45) is 0 Å². The highest BCUT2D eigenvalue weighted by atomic mass is 32.2. The van der Waals surface area contributed by atoms with Gasteiger partial charge in [0.25, 0.3) is 0 Å². The molecule has 0 aliphatic carbocycles. The quantitative estimate of drug-likeness (QED) is 0.560. The lowest BCUT2D eigenvalue weighted by atomic mass is 10.1. The molecule has 23 heavy (non-hydrogen) atoms. The van der Waals surface area contributed by atoms with E-state index in [1.807, 2.05) is 0 Å². The largest absolute Gasteiger partial charge is 0.419 e. The van der Waals surface area contributed by atoms with Crippen LogP contribution in [0.2, 0.25) is 0 Å². The number of carbonyl (C=O) groups is 1. The molecule has 0 radical (unpaired) electrons. The third-order valence-corrected chi connectivity index (χ3v) is 3.63. The van der Waals surface area contributed by atoms with E-state index < -0.39 is 33.6 Å². The molecule has 0 saturated heterocycles. The Kier molecular flexibility index (Phi) is 4.69. The average Bonchev–Trinajstić information content (AvgIpc) is 2.46. The summed E-state index contributed by atoms with van der Waals surface area (Å²) >= 11 is 0.132. The number of nitrogens with zero attached hydrogens (tertiary/aromatic N) is 1. The van der Waals surface area contributed by atoms with Gasteiger partial charge in [-0.05, 0) is 36.0 Å². The van der Waals surface area contributed by atoms with E-state index in [1.54, 1.807) is 0 Å². The molecule has 2 aromatic rings. The van der Waals surface area contributed by atoms with Crippen molar-refractivity contribution in [3.63, 3.8) is 0 Å². The van der Waals surface area contributed by atoms with Crippen molar-refractivity contribution < 1.29 is 31.1 Å². The summed E-state index contributed by atoms with van der Waals surface area (Å²) < 4.78 is 76.2. The first kappa shape index (κ1) is 17.3. The molecule has 122 valence electrons. The van der Waals surface area contributed by atoms with Gasteiger partial charge >= 0.3 is 12.4 Å². The van der Waals surface area contributed by atoms with Crippen LogP contribution in [-0.2, 0) is 12.4 Å². The van der Waals surface area contributed by atoms with Crippen LogP contribution in [0.5, 0.6) is 0 Å². The molecule has 0 fully saturated rings. The highest BCUT2D eigenvalue weighted by Crippen LogP contribution is 2.37. The van der Waals surface area contributed by atoms with E-state index in [-0.39, 0.29) is 17.3 Å². The van der Waals surface area contributed by atoms with Crippen LogP contribution in [0.3, 0.4) is 0 Å². The number of benzene rings is 1. The minimum atomic E-state index is -4.72. The van der Waals surface area contributed by atoms with Gasteiger partial charge in [-0.2, -0.15) is 26.3 Å². The van der Waals surface area contributed by atoms with Gasteiger partial charge in [0, 0.05) is 11.8 Å². The summed E-state index contributed by atoms with van der Waals surface area (Å²) in [6.07, 6.45) is -8.30. The summed E-state index contributed by atoms with van der Waals surface area (Å²) in [7, 11) is 0. The molecule has 1 aromatic carbocycles. The maximum atomic E-state index is 12.8. The number of hydrogen-bond acceptors (Lipinski definition) is 3. The van der Waals surface area contributed by atoms with Gasteiger partial charge in [-0.1, -0.05) is 12.1 Å². The molecule has 0 N–H and O–H groups in total. The topological polar surface area (TPSA) is 30.0 Å². The van der Waals surface area contributed by atoms with E-state index in [4.69, 9.17) is 0 Å². The third kappa shape index (κ3) is 4.25. The normalized spacial score (nSPS) is 12.3. The Morgan fingerprint density at radius 1 is 0.957 bits per heavy atom. The summed E-state index contributed by atoms with van der Waals surface area (Å²) in [6.45, 7) is 0. The van der Waals surface area contributed by atoms with E-state index >= 15 is 0 Å². The Bertz CT molecular complexity index is 726. The lowest BCUT2D eigenvalue weighted by Gasteiger charge is -2.11. The van der Waals surface area contributed by atoms with Gasteiger partial charge in [0.05, 0.1) is 11.1 Å². The van der Waals surface area contributed by atoms with Crippen LogP contribution in [0.15, 0.2) is 47.6 Å². The van der Waals surface area contributed by atoms with E-state index in [9.17, 15) is 31.1 Å². The van der Waals surface area contributed by atoms with Gasteiger partial charge in [-0.3, -0.25) is 4.79 Å². The van der Waals surface area contributed by atoms with Crippen molar-refractivity contribution in [2.75, 3.05) is 0 Å². The maximum absolute atomic E-state index is 12.8. The van der Waals surface area contributed by atoms with Crippen LogP contribution < -0.4 is 0 Å². The number of hydrogen-bond donors (Lipinski definition) is 0. The average molecular weight is 351 g/mol. The first-order chi connectivity index (χ1) is 10.6. The fraction of sp³-hybridized carbons (Fsp3) is 0.143. The summed E-state index contributed by atoms with van der Waals surface area (Å²) in [5.41, 5.74) is -2.53. The van der Waals surface area contributed by atoms with Crippen LogP contribution in [0, 0.1) is 0 Å². The summed E-state index contributed by atoms with van der Waals surface area (Å²) in [6, 6.07) is 5.27. The molecule has 1 aromatic heterocycles. The summed E-state index contributed by atoms with van der Waals surface area (Å²) in [5, 5.41) is -1.57. The Balaban J connectivity index is 2.31. The number of rotatable bonds is 2. The van der Waals surface area contributed by atoms with Crippen LogP contribution in [0.4, 0.5) is 26.3 Å². The highest BCUT2D eigenvalue weighted by Gasteiger charge is 2.35. The lowest BCUT2D eigenvalue weighted by molar-refractivity contribution is -0.140. The lowest BCUT2D eigenvalue weighted by Crippen LogP contribution is -2.09. The molecule has 0 aliphatic heterocycles. The Morgan fingerprint density at radius 2 is 1.65 bits per heavy atom. The first-order valence-electron chi connectivity index (χ1n) is 6.00. The van der Waals surface area contributed by atoms with Gasteiger partial charge in [-0.25, -0.2) is 4.98 Å². The molecule has 2 nitrogen and oxygen atoms in total. The van der Waals surface area contributed by atoms with Crippen LogP contribution >= 0.6 is 11.8 Å². The van der Waals surface area contributed by atoms with Crippen molar-refractivity contribution in [3.8, 4) is 0 Å². The van der Waals surface area contributed by atoms with Crippen LogP contribution in [-0.4, -0.2) is 10.1 Å². The fourth-order valence-corrected chi connectivity index (χ4v) is 2.48. The molecular formula is C14H7F6NOS. The maximum Gasteiger partial charge on any atom is 0.419 e. The third-order valence-electron chi connectivity index (χ3n) is 2.69. The molecule has 0 bridgehead atoms. The van der Waals surface area contributed by atoms with Crippen molar-refractivity contribution in [1.29, 1.82) is 0 Å². The zero-order valence-electron chi connectivity index (χ0n) is 11.1. The Labute approximate surface area is 130 Å². The standard InChI is InChI=1S/C14H7F6NOS/c15-13(16,17)9-4-1-3-8(7-9)12(22)23-11-10(14(18,19)20)5-2-6-21-11/h1-7H. The van der Waals surface area contributed by atoms with E-state index in [0.717, 1.165) is 36.5 Å². The number of halogens is 6. The van der Waals surface area contributed by atoms with Gasteiger partial charge in [0.1, 0.15) is 5.03 Å². The van der Waals surface area contributed by atoms with Crippen LogP contribution in [0.25, 0.3) is 0 Å². The SMILES string of the molecule is O=C(Sc1ncccc1C(F)(F)F)c1cccc(C(F)(F)F)c1. The minimum absolute atomic E-state index is 0.132. The van der Waals surface area contributed by atoms with Gasteiger partial charge in [0.15, 0.2) is 0 Å². The van der Waals surface area contributed by atoms with Crippen molar-refractivity contribution in [1.82, 2.24) is 4.98 Å². The first-order valence-corrected chi connectivity index (χ1v) is 6.82. The van der Waals surface area contributed by atoms with Crippen LogP contribution in [0.1, 0.15) is 21.5 Å². The van der Waals surface area contributed by atoms with E-state index in [2.05, 4.69) is 4.98 Å². The molecule has 0 atom stereocenters. The molecular weight excluding hydrogens is 344 g/mol. The second kappa shape index (κ2) is 6.23. The molecule has 0 saturated carbocycles. The summed E-state index contributed by atoms with van der Waals surface area (Å²) in [5.74, 6) is 0. The Morgan fingerprint density at radius 3 is 2.26 bits per heavy atom. The summed E-state index contributed by atoms with van der Waals surface area (Å²) in [4.78, 5) is 15.4. The fourth-order valence-electron chi connectivity index (χ4n) is 1.66. The monoisotopic (exact) mass is 351 g/mol. The number of thioether (sulfide) groups is 1. The molecule has 0 amide bonds. The molecule has 0 aliphatic rings. The van der Waals surface area contributed by atoms with Crippen molar-refractivity contribution in [3.05, 3.63) is 59.3 Å². The number of aromatic nitrogens is 1. The van der Waals surface area contributed by atoms with Crippen molar-refractivity contribution >= 4 is 16.9 Å². The predicted molar refractivity (Wildman–Crippen MR) is 70.9 cm³/mol. The van der Waals surface area contributed by atoms with Gasteiger partial charge < -0.3 is 0 Å². The van der Waals surface area contributed by atoms with Crippen molar-refractivity contribution in [2.45, 2.75) is 17.4 Å². The van der Waals surface area contributed by atoms with Gasteiger partial charge in [-0.15, -0.1) is 0 Å². The van der Waals surface area contributed by atoms with E-state index in [1.165, 1.54) is 0 Å². The minimum Gasteiger partial charge on any atom is -0.281 e. The smallest absolute Gasteiger partial charge is 0.281 e. The second-order valence-corrected chi connectivity index (χ2v) is 5.28. The number of alkyl halides is 6. The molecule has 0 unspecified atom stereocenters. The zero-order chi connectivity index (χ0) is 17.3. The van der Waals surface area contributed by atoms with E-state index in [0.29, 0.717) is 6.07 Å². The second-order valence-electron chi connectivity index (χ2n) is 4.32. The zero-order valence-corrected chi connectivity index (χ0v) is 11.9. The van der Waals surface area contributed by atoms with Gasteiger partial charge in [0.2, 0.25) is 5.12 Å². The molecule has 2 rings (SSSR count). The molecule has 1 heterocycles. The number of pyridine rings is 1. The Hall–Kier alpha value is -2.03. The highest BCUT2D eigenvalue weighted by molar-refractivity contribution is 8.14.